The predicted molar refractivity (Wildman–Crippen MR) is 205 cm³/mol. The Balaban J connectivity index is 0.000000142. The summed E-state index contributed by atoms with van der Waals surface area (Å²) in [6.45, 7) is 2.06. The molecule has 2 saturated carbocycles. The first-order valence-corrected chi connectivity index (χ1v) is 23.0. The van der Waals surface area contributed by atoms with Gasteiger partial charge in [0.25, 0.3) is 0 Å². The van der Waals surface area contributed by atoms with Crippen molar-refractivity contribution < 1.29 is 27.0 Å². The first kappa shape index (κ1) is 36.3. The summed E-state index contributed by atoms with van der Waals surface area (Å²) in [6, 6.07) is 17.0. The lowest BCUT2D eigenvalue weighted by Crippen LogP contribution is -2.47. The largest absolute Gasteiger partial charge is 0.392 e. The highest BCUT2D eigenvalue weighted by molar-refractivity contribution is 7.88. The molecule has 0 amide bonds. The first-order valence-electron chi connectivity index (χ1n) is 19.3. The molecule has 10 rings (SSSR count). The van der Waals surface area contributed by atoms with Gasteiger partial charge < -0.3 is 19.3 Å². The summed E-state index contributed by atoms with van der Waals surface area (Å²) in [6.07, 6.45) is 16.0. The molecule has 2 aromatic heterocycles. The second kappa shape index (κ2) is 13.1. The Hall–Kier alpha value is -3.40. The number of imidazole rings is 2. The van der Waals surface area contributed by atoms with Gasteiger partial charge in [0.1, 0.15) is 0 Å². The predicted octanol–water partition coefficient (Wildman–Crippen LogP) is 4.53. The number of aliphatic hydroxyl groups is 2. The van der Waals surface area contributed by atoms with Gasteiger partial charge in [0.05, 0.1) is 73.2 Å². The average molecular weight is 775 g/mol. The first-order chi connectivity index (χ1) is 25.8. The standard InChI is InChI=1S/2C20H25N3O3S/c2*1-27(25,26)22-10-8-20(9-11-22)7-6-16(19(20)24)18-15-5-3-2-4-14(15)17-12-21-13-23(17)18/h2*2-5,12-13,16,18-19,24H,6-11H2,1H3/t2*16-,18-,19-/m10/s1. The van der Waals surface area contributed by atoms with Gasteiger partial charge in [-0.3, -0.25) is 0 Å². The molecular formula is C40H50N6O6S2. The Bertz CT molecular complexity index is 2110. The SMILES string of the molecule is CS(=O)(=O)N1CCC2(CC[C@@H]([C@@H]3c4ccccc4-c4cncn43)[C@@H]2O)CC1.CS(=O)(=O)N1CCC2(CC[C@H]([C@H]3c4ccccc4-c4cncn43)[C@H]2O)CC1. The Morgan fingerprint density at radius 3 is 1.33 bits per heavy atom. The normalized spacial score (nSPS) is 29.8. The number of sulfonamides is 2. The van der Waals surface area contributed by atoms with Crippen molar-refractivity contribution in [2.24, 2.45) is 22.7 Å². The average Bonchev–Trinajstić information content (AvgIpc) is 4.00. The summed E-state index contributed by atoms with van der Waals surface area (Å²) < 4.78 is 54.9. The minimum atomic E-state index is -3.15. The second-order valence-corrected chi connectivity index (χ2v) is 20.7. The molecule has 14 heteroatoms. The van der Waals surface area contributed by atoms with Crippen LogP contribution < -0.4 is 0 Å². The summed E-state index contributed by atoms with van der Waals surface area (Å²) >= 11 is 0. The molecule has 6 atom stereocenters. The zero-order chi connectivity index (χ0) is 37.6. The molecule has 288 valence electrons. The summed E-state index contributed by atoms with van der Waals surface area (Å²) in [7, 11) is -6.30. The molecule has 0 bridgehead atoms. The van der Waals surface area contributed by atoms with Crippen molar-refractivity contribution in [1.82, 2.24) is 27.7 Å². The van der Waals surface area contributed by atoms with Crippen molar-refractivity contribution >= 4 is 20.0 Å². The smallest absolute Gasteiger partial charge is 0.211 e. The molecule has 2 N–H and O–H groups in total. The monoisotopic (exact) mass is 774 g/mol. The number of benzene rings is 2. The number of rotatable bonds is 4. The molecule has 4 aliphatic heterocycles. The van der Waals surface area contributed by atoms with Crippen molar-refractivity contribution in [3.63, 3.8) is 0 Å². The maximum atomic E-state index is 11.8. The molecule has 2 aromatic carbocycles. The van der Waals surface area contributed by atoms with Gasteiger partial charge in [0.2, 0.25) is 20.0 Å². The fraction of sp³-hybridized carbons (Fsp3) is 0.550. The molecule has 2 aliphatic carbocycles. The van der Waals surface area contributed by atoms with E-state index in [-0.39, 0.29) is 34.7 Å². The van der Waals surface area contributed by atoms with Crippen LogP contribution in [0.1, 0.15) is 74.6 Å². The van der Waals surface area contributed by atoms with E-state index < -0.39 is 32.3 Å². The topological polar surface area (TPSA) is 151 Å². The molecule has 2 spiro atoms. The van der Waals surface area contributed by atoms with E-state index in [0.717, 1.165) is 62.8 Å². The Kier molecular flexibility index (Phi) is 8.79. The highest BCUT2D eigenvalue weighted by atomic mass is 32.2. The van der Waals surface area contributed by atoms with Gasteiger partial charge in [0, 0.05) is 49.1 Å². The van der Waals surface area contributed by atoms with Gasteiger partial charge in [-0.05, 0) is 73.3 Å². The van der Waals surface area contributed by atoms with Gasteiger partial charge >= 0.3 is 0 Å². The third kappa shape index (κ3) is 5.73. The van der Waals surface area contributed by atoms with E-state index in [0.29, 0.717) is 26.2 Å². The van der Waals surface area contributed by atoms with Gasteiger partial charge in [0.15, 0.2) is 0 Å². The van der Waals surface area contributed by atoms with Crippen molar-refractivity contribution in [3.05, 3.63) is 84.7 Å². The number of hydrogen-bond donors (Lipinski definition) is 2. The molecule has 6 aliphatic rings. The van der Waals surface area contributed by atoms with E-state index in [1.165, 1.54) is 34.8 Å². The molecule has 54 heavy (non-hydrogen) atoms. The molecule has 2 saturated heterocycles. The molecule has 12 nitrogen and oxygen atoms in total. The summed E-state index contributed by atoms with van der Waals surface area (Å²) in [5.74, 6) is 0.262. The lowest BCUT2D eigenvalue weighted by Gasteiger charge is -2.42. The number of aromatic nitrogens is 4. The van der Waals surface area contributed by atoms with Crippen molar-refractivity contribution in [1.29, 1.82) is 0 Å². The number of fused-ring (bicyclic) bond motifs is 6. The van der Waals surface area contributed by atoms with E-state index in [2.05, 4.69) is 55.5 Å². The molecule has 4 fully saturated rings. The number of aliphatic hydroxyl groups excluding tert-OH is 2. The quantitative estimate of drug-likeness (QED) is 0.307. The summed E-state index contributed by atoms with van der Waals surface area (Å²) in [5.41, 5.74) is 6.87. The van der Waals surface area contributed by atoms with Crippen LogP contribution in [0.2, 0.25) is 0 Å². The van der Waals surface area contributed by atoms with Gasteiger partial charge in [-0.15, -0.1) is 0 Å². The molecule has 6 heterocycles. The van der Waals surface area contributed by atoms with Crippen LogP contribution in [0.5, 0.6) is 0 Å². The Labute approximate surface area is 318 Å². The van der Waals surface area contributed by atoms with E-state index in [1.807, 2.05) is 37.2 Å². The highest BCUT2D eigenvalue weighted by Gasteiger charge is 2.55. The lowest BCUT2D eigenvalue weighted by atomic mass is 9.73. The van der Waals surface area contributed by atoms with E-state index in [9.17, 15) is 27.0 Å². The molecule has 0 radical (unpaired) electrons. The Morgan fingerprint density at radius 1 is 0.593 bits per heavy atom. The fourth-order valence-corrected chi connectivity index (χ4v) is 13.0. The summed E-state index contributed by atoms with van der Waals surface area (Å²) in [4.78, 5) is 8.68. The second-order valence-electron chi connectivity index (χ2n) is 16.8. The van der Waals surface area contributed by atoms with Gasteiger partial charge in [-0.1, -0.05) is 48.5 Å². The molecular weight excluding hydrogens is 725 g/mol. The van der Waals surface area contributed by atoms with Crippen LogP contribution in [-0.2, 0) is 20.0 Å². The summed E-state index contributed by atoms with van der Waals surface area (Å²) in [5, 5.41) is 22.8. The van der Waals surface area contributed by atoms with Crippen LogP contribution in [0.3, 0.4) is 0 Å². The lowest BCUT2D eigenvalue weighted by molar-refractivity contribution is -0.0145. The van der Waals surface area contributed by atoms with Gasteiger partial charge in [-0.25, -0.2) is 35.4 Å². The molecule has 4 aromatic rings. The minimum absolute atomic E-state index is 0.112. The number of hydrogen-bond acceptors (Lipinski definition) is 8. The third-order valence-electron chi connectivity index (χ3n) is 14.2. The van der Waals surface area contributed by atoms with Crippen LogP contribution >= 0.6 is 0 Å². The minimum Gasteiger partial charge on any atom is -0.392 e. The zero-order valence-corrected chi connectivity index (χ0v) is 32.5. The number of piperidine rings is 2. The fourth-order valence-electron chi connectivity index (χ4n) is 11.3. The van der Waals surface area contributed by atoms with Crippen LogP contribution in [-0.4, -0.2) is 106 Å². The van der Waals surface area contributed by atoms with E-state index in [4.69, 9.17) is 0 Å². The van der Waals surface area contributed by atoms with E-state index in [1.54, 1.807) is 8.61 Å². The van der Waals surface area contributed by atoms with Crippen molar-refractivity contribution in [2.75, 3.05) is 38.7 Å². The van der Waals surface area contributed by atoms with Gasteiger partial charge in [-0.2, -0.15) is 0 Å². The molecule has 0 unspecified atom stereocenters. The Morgan fingerprint density at radius 2 is 0.963 bits per heavy atom. The maximum Gasteiger partial charge on any atom is 0.211 e. The van der Waals surface area contributed by atoms with Crippen molar-refractivity contribution in [3.8, 4) is 22.5 Å². The van der Waals surface area contributed by atoms with Crippen LogP contribution in [0.25, 0.3) is 22.5 Å². The highest BCUT2D eigenvalue weighted by Crippen LogP contribution is 2.57. The van der Waals surface area contributed by atoms with Crippen LogP contribution in [0.4, 0.5) is 0 Å². The van der Waals surface area contributed by atoms with Crippen LogP contribution in [0, 0.1) is 22.7 Å². The number of nitrogens with zero attached hydrogens (tertiary/aromatic N) is 6. The zero-order valence-electron chi connectivity index (χ0n) is 30.9. The van der Waals surface area contributed by atoms with Crippen molar-refractivity contribution in [2.45, 2.75) is 75.7 Å². The van der Waals surface area contributed by atoms with Crippen LogP contribution in [0.15, 0.2) is 73.6 Å². The maximum absolute atomic E-state index is 11.8. The van der Waals surface area contributed by atoms with E-state index >= 15 is 0 Å². The third-order valence-corrected chi connectivity index (χ3v) is 16.9.